The summed E-state index contributed by atoms with van der Waals surface area (Å²) < 4.78 is 5.68. The van der Waals surface area contributed by atoms with Crippen LogP contribution >= 0.6 is 11.6 Å². The van der Waals surface area contributed by atoms with Gasteiger partial charge in [-0.3, -0.25) is 4.90 Å². The summed E-state index contributed by atoms with van der Waals surface area (Å²) in [4.78, 5) is 14.9. The van der Waals surface area contributed by atoms with Gasteiger partial charge >= 0.3 is 5.63 Å². The van der Waals surface area contributed by atoms with Gasteiger partial charge in [-0.05, 0) is 67.7 Å². The molecular formula is C22H22ClNO3. The highest BCUT2D eigenvalue weighted by Crippen LogP contribution is 2.31. The first-order valence-electron chi connectivity index (χ1n) is 9.28. The first-order chi connectivity index (χ1) is 13.0. The number of nitrogens with zero attached hydrogens (tertiary/aromatic N) is 1. The summed E-state index contributed by atoms with van der Waals surface area (Å²) in [6.45, 7) is 4.83. The molecule has 1 fully saturated rings. The van der Waals surface area contributed by atoms with Gasteiger partial charge in [-0.1, -0.05) is 30.7 Å². The summed E-state index contributed by atoms with van der Waals surface area (Å²) in [6.07, 6.45) is 2.30. The molecule has 0 amide bonds. The van der Waals surface area contributed by atoms with Crippen molar-refractivity contribution in [2.75, 3.05) is 13.1 Å². The second-order valence-corrected chi connectivity index (χ2v) is 7.83. The number of aromatic hydroxyl groups is 1. The first-order valence-corrected chi connectivity index (χ1v) is 9.66. The van der Waals surface area contributed by atoms with Gasteiger partial charge in [-0.25, -0.2) is 4.79 Å². The Hall–Kier alpha value is -2.30. The summed E-state index contributed by atoms with van der Waals surface area (Å²) in [5.41, 5.74) is 1.99. The van der Waals surface area contributed by atoms with Gasteiger partial charge < -0.3 is 9.52 Å². The zero-order chi connectivity index (χ0) is 19.0. The molecule has 4 rings (SSSR count). The molecule has 4 nitrogen and oxygen atoms in total. The molecule has 0 atom stereocenters. The predicted octanol–water partition coefficient (Wildman–Crippen LogP) is 5.05. The van der Waals surface area contributed by atoms with Gasteiger partial charge in [0.1, 0.15) is 11.3 Å². The van der Waals surface area contributed by atoms with E-state index in [0.717, 1.165) is 42.8 Å². The third-order valence-electron chi connectivity index (χ3n) is 5.39. The zero-order valence-electron chi connectivity index (χ0n) is 15.2. The zero-order valence-corrected chi connectivity index (χ0v) is 16.0. The third-order valence-corrected chi connectivity index (χ3v) is 5.65. The predicted molar refractivity (Wildman–Crippen MR) is 108 cm³/mol. The van der Waals surface area contributed by atoms with Crippen molar-refractivity contribution >= 4 is 22.6 Å². The Morgan fingerprint density at radius 2 is 1.85 bits per heavy atom. The van der Waals surface area contributed by atoms with Crippen LogP contribution in [-0.4, -0.2) is 23.1 Å². The number of phenolic OH excluding ortho intramolecular Hbond substituents is 1. The van der Waals surface area contributed by atoms with Crippen LogP contribution in [0.4, 0.5) is 0 Å². The minimum absolute atomic E-state index is 0.170. The fourth-order valence-electron chi connectivity index (χ4n) is 3.66. The van der Waals surface area contributed by atoms with Crippen molar-refractivity contribution in [3.05, 3.63) is 63.5 Å². The number of likely N-dealkylation sites (tertiary alicyclic amines) is 1. The molecule has 1 N–H and O–H groups in total. The van der Waals surface area contributed by atoms with E-state index < -0.39 is 5.63 Å². The van der Waals surface area contributed by atoms with Gasteiger partial charge in [0.25, 0.3) is 0 Å². The van der Waals surface area contributed by atoms with Gasteiger partial charge in [0, 0.05) is 17.0 Å². The lowest BCUT2D eigenvalue weighted by molar-refractivity contribution is 0.183. The average Bonchev–Trinajstić information content (AvgIpc) is 2.66. The molecule has 1 saturated heterocycles. The number of fused-ring (bicyclic) bond motifs is 1. The molecular weight excluding hydrogens is 362 g/mol. The lowest BCUT2D eigenvalue weighted by atomic mass is 9.98. The summed E-state index contributed by atoms with van der Waals surface area (Å²) in [7, 11) is 0. The molecule has 27 heavy (non-hydrogen) atoms. The van der Waals surface area contributed by atoms with Gasteiger partial charge in [0.15, 0.2) is 0 Å². The molecule has 1 aliphatic rings. The van der Waals surface area contributed by atoms with Crippen molar-refractivity contribution in [3.8, 4) is 16.9 Å². The molecule has 0 bridgehead atoms. The Morgan fingerprint density at radius 3 is 2.56 bits per heavy atom. The number of rotatable bonds is 3. The van der Waals surface area contributed by atoms with Crippen LogP contribution in [-0.2, 0) is 6.54 Å². The van der Waals surface area contributed by atoms with E-state index in [0.29, 0.717) is 28.3 Å². The van der Waals surface area contributed by atoms with E-state index in [9.17, 15) is 9.90 Å². The standard InChI is InChI=1S/C22H22ClNO3/c1-14-8-10-24(11-9-14)13-19-20(25)7-4-16-12-18(22(26)27-21(16)19)15-2-5-17(23)6-3-15/h2-7,12,14,25H,8-11,13H2,1H3. The Kier molecular flexibility index (Phi) is 4.94. The third kappa shape index (κ3) is 3.73. The van der Waals surface area contributed by atoms with E-state index in [2.05, 4.69) is 11.8 Å². The van der Waals surface area contributed by atoms with Crippen LogP contribution in [0, 0.1) is 5.92 Å². The molecule has 1 aliphatic heterocycles. The fourth-order valence-corrected chi connectivity index (χ4v) is 3.79. The molecule has 2 aromatic carbocycles. The van der Waals surface area contributed by atoms with Crippen molar-refractivity contribution in [1.82, 2.24) is 4.90 Å². The molecule has 0 radical (unpaired) electrons. The van der Waals surface area contributed by atoms with Gasteiger partial charge in [-0.15, -0.1) is 0 Å². The molecule has 2 heterocycles. The van der Waals surface area contributed by atoms with Crippen LogP contribution < -0.4 is 5.63 Å². The average molecular weight is 384 g/mol. The van der Waals surface area contributed by atoms with Gasteiger partial charge in [-0.2, -0.15) is 0 Å². The van der Waals surface area contributed by atoms with Gasteiger partial charge in [0.05, 0.1) is 11.1 Å². The minimum Gasteiger partial charge on any atom is -0.507 e. The van der Waals surface area contributed by atoms with Crippen molar-refractivity contribution < 1.29 is 9.52 Å². The van der Waals surface area contributed by atoms with Crippen molar-refractivity contribution in [1.29, 1.82) is 0 Å². The first kappa shape index (κ1) is 18.1. The van der Waals surface area contributed by atoms with E-state index in [1.165, 1.54) is 0 Å². The fraction of sp³-hybridized carbons (Fsp3) is 0.318. The molecule has 0 saturated carbocycles. The van der Waals surface area contributed by atoms with E-state index in [1.807, 2.05) is 6.07 Å². The Labute approximate surface area is 163 Å². The van der Waals surface area contributed by atoms with Crippen LogP contribution in [0.25, 0.3) is 22.1 Å². The second-order valence-electron chi connectivity index (χ2n) is 7.39. The molecule has 3 aromatic rings. The lowest BCUT2D eigenvalue weighted by Crippen LogP contribution is -2.32. The number of hydrogen-bond acceptors (Lipinski definition) is 4. The summed E-state index contributed by atoms with van der Waals surface area (Å²) in [5.74, 6) is 0.908. The van der Waals surface area contributed by atoms with Crippen LogP contribution in [0.3, 0.4) is 0 Å². The summed E-state index contributed by atoms with van der Waals surface area (Å²) in [5, 5.41) is 11.8. The molecule has 0 spiro atoms. The van der Waals surface area contributed by atoms with Gasteiger partial charge in [0.2, 0.25) is 0 Å². The van der Waals surface area contributed by atoms with E-state index in [1.54, 1.807) is 36.4 Å². The summed E-state index contributed by atoms with van der Waals surface area (Å²) in [6, 6.07) is 12.4. The highest BCUT2D eigenvalue weighted by molar-refractivity contribution is 6.30. The normalized spacial score (nSPS) is 16.1. The van der Waals surface area contributed by atoms with E-state index in [4.69, 9.17) is 16.0 Å². The SMILES string of the molecule is CC1CCN(Cc2c(O)ccc3cc(-c4ccc(Cl)cc4)c(=O)oc23)CC1. The van der Waals surface area contributed by atoms with Crippen LogP contribution in [0.15, 0.2) is 51.7 Å². The van der Waals surface area contributed by atoms with Crippen molar-refractivity contribution in [2.45, 2.75) is 26.3 Å². The summed E-state index contributed by atoms with van der Waals surface area (Å²) >= 11 is 5.94. The minimum atomic E-state index is -0.413. The van der Waals surface area contributed by atoms with Crippen LogP contribution in [0.5, 0.6) is 5.75 Å². The molecule has 5 heteroatoms. The molecule has 0 aliphatic carbocycles. The Morgan fingerprint density at radius 1 is 1.15 bits per heavy atom. The highest BCUT2D eigenvalue weighted by Gasteiger charge is 2.20. The van der Waals surface area contributed by atoms with Crippen molar-refractivity contribution in [2.24, 2.45) is 5.92 Å². The van der Waals surface area contributed by atoms with E-state index >= 15 is 0 Å². The largest absolute Gasteiger partial charge is 0.507 e. The second kappa shape index (κ2) is 7.37. The molecule has 140 valence electrons. The monoisotopic (exact) mass is 383 g/mol. The maximum Gasteiger partial charge on any atom is 0.344 e. The number of benzene rings is 2. The quantitative estimate of drug-likeness (QED) is 0.643. The topological polar surface area (TPSA) is 53.7 Å². The Balaban J connectivity index is 1.74. The van der Waals surface area contributed by atoms with E-state index in [-0.39, 0.29) is 5.75 Å². The molecule has 1 aromatic heterocycles. The number of hydrogen-bond donors (Lipinski definition) is 1. The smallest absolute Gasteiger partial charge is 0.344 e. The maximum atomic E-state index is 12.6. The number of piperidine rings is 1. The Bertz CT molecular complexity index is 1020. The lowest BCUT2D eigenvalue weighted by Gasteiger charge is -2.30. The van der Waals surface area contributed by atoms with Crippen LogP contribution in [0.1, 0.15) is 25.3 Å². The van der Waals surface area contributed by atoms with Crippen LogP contribution in [0.2, 0.25) is 5.02 Å². The maximum absolute atomic E-state index is 12.6. The number of phenols is 1. The highest BCUT2D eigenvalue weighted by atomic mass is 35.5. The number of halogens is 1. The molecule has 0 unspecified atom stereocenters. The van der Waals surface area contributed by atoms with Crippen molar-refractivity contribution in [3.63, 3.8) is 0 Å².